The third kappa shape index (κ3) is 4.43. The quantitative estimate of drug-likeness (QED) is 0.635. The van der Waals surface area contributed by atoms with Gasteiger partial charge in [0.15, 0.2) is 11.5 Å². The maximum atomic E-state index is 6.25. The van der Waals surface area contributed by atoms with Crippen molar-refractivity contribution in [2.75, 3.05) is 45.8 Å². The molecule has 0 amide bonds. The van der Waals surface area contributed by atoms with Crippen molar-refractivity contribution >= 4 is 34.0 Å². The van der Waals surface area contributed by atoms with E-state index in [-0.39, 0.29) is 6.10 Å². The van der Waals surface area contributed by atoms with Crippen molar-refractivity contribution in [3.8, 4) is 11.5 Å². The molecule has 1 fully saturated rings. The van der Waals surface area contributed by atoms with Gasteiger partial charge in [-0.1, -0.05) is 17.7 Å². The van der Waals surface area contributed by atoms with Crippen LogP contribution < -0.4 is 14.8 Å². The van der Waals surface area contributed by atoms with E-state index in [1.54, 1.807) is 7.11 Å². The minimum Gasteiger partial charge on any atom is -0.493 e. The number of ether oxygens (including phenoxy) is 3. The molecule has 0 spiro atoms. The molecule has 7 nitrogen and oxygen atoms in total. The normalized spacial score (nSPS) is 17.1. The zero-order valence-corrected chi connectivity index (χ0v) is 18.1. The molecule has 0 aliphatic carbocycles. The topological polar surface area (TPSA) is 68.7 Å². The lowest BCUT2D eigenvalue weighted by molar-refractivity contribution is -0.0406. The van der Waals surface area contributed by atoms with Crippen molar-refractivity contribution in [2.24, 2.45) is 0 Å². The number of methoxy groups -OCH3 is 1. The van der Waals surface area contributed by atoms with Crippen LogP contribution in [0.2, 0.25) is 5.02 Å². The molecule has 0 saturated carbocycles. The highest BCUT2D eigenvalue weighted by atomic mass is 35.5. The second-order valence-corrected chi connectivity index (χ2v) is 7.75. The maximum absolute atomic E-state index is 6.25. The number of morpholine rings is 1. The van der Waals surface area contributed by atoms with Crippen molar-refractivity contribution < 1.29 is 14.2 Å². The summed E-state index contributed by atoms with van der Waals surface area (Å²) in [6.45, 7) is 4.90. The Morgan fingerprint density at radius 2 is 2.13 bits per heavy atom. The van der Waals surface area contributed by atoms with Gasteiger partial charge in [0.05, 0.1) is 19.2 Å². The molecule has 4 rings (SSSR count). The van der Waals surface area contributed by atoms with E-state index in [1.807, 2.05) is 37.3 Å². The number of nitrogens with zero attached hydrogens (tertiary/aromatic N) is 3. The lowest BCUT2D eigenvalue weighted by atomic mass is 10.1. The van der Waals surface area contributed by atoms with Gasteiger partial charge in [0.25, 0.3) is 0 Å². The molecule has 3 aromatic rings. The molecule has 0 radical (unpaired) electrons. The predicted octanol–water partition coefficient (Wildman–Crippen LogP) is 4.05. The number of rotatable bonds is 6. The zero-order valence-electron chi connectivity index (χ0n) is 17.3. The molecule has 8 heteroatoms. The number of hydrogen-bond acceptors (Lipinski definition) is 7. The Morgan fingerprint density at radius 1 is 1.27 bits per heavy atom. The van der Waals surface area contributed by atoms with Crippen LogP contribution >= 0.6 is 11.6 Å². The van der Waals surface area contributed by atoms with Crippen LogP contribution in [0.25, 0.3) is 10.9 Å². The average molecular weight is 429 g/mol. The van der Waals surface area contributed by atoms with Gasteiger partial charge in [0.2, 0.25) is 0 Å². The highest BCUT2D eigenvalue weighted by Gasteiger charge is 2.20. The predicted molar refractivity (Wildman–Crippen MR) is 118 cm³/mol. The maximum Gasteiger partial charge on any atom is 0.163 e. The molecule has 2 aromatic carbocycles. The number of halogens is 1. The summed E-state index contributed by atoms with van der Waals surface area (Å²) in [5, 5.41) is 4.88. The molecular weight excluding hydrogens is 404 g/mol. The summed E-state index contributed by atoms with van der Waals surface area (Å²) in [4.78, 5) is 11.1. The molecule has 0 bridgehead atoms. The molecule has 1 aliphatic heterocycles. The molecule has 1 unspecified atom stereocenters. The SMILES string of the molecule is COc1cc2c(Nc3cccc(Cl)c3C)ncnc2cc1OCC1CN(C)CCO1. The minimum absolute atomic E-state index is 0.0255. The van der Waals surface area contributed by atoms with Crippen molar-refractivity contribution in [1.29, 1.82) is 0 Å². The molecular formula is C22H25ClN4O3. The lowest BCUT2D eigenvalue weighted by Crippen LogP contribution is -2.42. The Hall–Kier alpha value is -2.61. The van der Waals surface area contributed by atoms with Gasteiger partial charge in [0, 0.05) is 35.3 Å². The number of hydrogen-bond donors (Lipinski definition) is 1. The summed E-state index contributed by atoms with van der Waals surface area (Å²) in [5.41, 5.74) is 2.60. The van der Waals surface area contributed by atoms with Gasteiger partial charge >= 0.3 is 0 Å². The standard InChI is InChI=1S/C22H25ClN4O3/c1-14-17(23)5-4-6-18(14)26-22-16-9-20(28-3)21(10-19(16)24-13-25-22)30-12-15-11-27(2)7-8-29-15/h4-6,9-10,13,15H,7-8,11-12H2,1-3H3,(H,24,25,26). The van der Waals surface area contributed by atoms with E-state index in [9.17, 15) is 0 Å². The van der Waals surface area contributed by atoms with Crippen LogP contribution in [-0.4, -0.2) is 61.4 Å². The molecule has 1 atom stereocenters. The summed E-state index contributed by atoms with van der Waals surface area (Å²) >= 11 is 6.25. The van der Waals surface area contributed by atoms with Crippen LogP contribution in [0, 0.1) is 6.92 Å². The Balaban J connectivity index is 1.61. The van der Waals surface area contributed by atoms with Gasteiger partial charge in [-0.05, 0) is 37.7 Å². The van der Waals surface area contributed by atoms with Gasteiger partial charge in [-0.2, -0.15) is 0 Å². The Labute approximate surface area is 180 Å². The summed E-state index contributed by atoms with van der Waals surface area (Å²) in [6.07, 6.45) is 1.55. The van der Waals surface area contributed by atoms with Crippen LogP contribution in [0.1, 0.15) is 5.56 Å². The second kappa shape index (κ2) is 9.04. The number of likely N-dealkylation sites (N-methyl/N-ethyl adjacent to an activating group) is 1. The van der Waals surface area contributed by atoms with Crippen LogP contribution in [0.3, 0.4) is 0 Å². The Bertz CT molecular complexity index is 1050. The number of anilines is 2. The van der Waals surface area contributed by atoms with Gasteiger partial charge in [0.1, 0.15) is 24.9 Å². The first-order chi connectivity index (χ1) is 14.5. The van der Waals surface area contributed by atoms with Gasteiger partial charge < -0.3 is 24.4 Å². The fraction of sp³-hybridized carbons (Fsp3) is 0.364. The van der Waals surface area contributed by atoms with Crippen LogP contribution in [0.5, 0.6) is 11.5 Å². The number of benzene rings is 2. The van der Waals surface area contributed by atoms with Crippen LogP contribution in [0.15, 0.2) is 36.7 Å². The molecule has 1 saturated heterocycles. The fourth-order valence-electron chi connectivity index (χ4n) is 3.46. The molecule has 1 N–H and O–H groups in total. The van der Waals surface area contributed by atoms with Crippen molar-refractivity contribution in [3.05, 3.63) is 47.2 Å². The average Bonchev–Trinajstić information content (AvgIpc) is 2.75. The first-order valence-electron chi connectivity index (χ1n) is 9.83. The van der Waals surface area contributed by atoms with E-state index in [2.05, 4.69) is 27.2 Å². The van der Waals surface area contributed by atoms with E-state index in [1.165, 1.54) is 6.33 Å². The van der Waals surface area contributed by atoms with Gasteiger partial charge in [-0.3, -0.25) is 0 Å². The highest BCUT2D eigenvalue weighted by molar-refractivity contribution is 6.31. The Kier molecular flexibility index (Phi) is 6.22. The third-order valence-electron chi connectivity index (χ3n) is 5.21. The smallest absolute Gasteiger partial charge is 0.163 e. The number of nitrogens with one attached hydrogen (secondary N) is 1. The van der Waals surface area contributed by atoms with Gasteiger partial charge in [-0.25, -0.2) is 9.97 Å². The van der Waals surface area contributed by atoms with Crippen LogP contribution in [-0.2, 0) is 4.74 Å². The van der Waals surface area contributed by atoms with Crippen LogP contribution in [0.4, 0.5) is 11.5 Å². The number of aromatic nitrogens is 2. The largest absolute Gasteiger partial charge is 0.493 e. The zero-order chi connectivity index (χ0) is 21.1. The van der Waals surface area contributed by atoms with E-state index in [4.69, 9.17) is 25.8 Å². The fourth-order valence-corrected chi connectivity index (χ4v) is 3.63. The van der Waals surface area contributed by atoms with Crippen molar-refractivity contribution in [1.82, 2.24) is 14.9 Å². The first-order valence-corrected chi connectivity index (χ1v) is 10.2. The monoisotopic (exact) mass is 428 g/mol. The molecule has 1 aromatic heterocycles. The lowest BCUT2D eigenvalue weighted by Gasteiger charge is -2.30. The third-order valence-corrected chi connectivity index (χ3v) is 5.62. The summed E-state index contributed by atoms with van der Waals surface area (Å²) in [5.74, 6) is 1.92. The van der Waals surface area contributed by atoms with Crippen molar-refractivity contribution in [3.63, 3.8) is 0 Å². The summed E-state index contributed by atoms with van der Waals surface area (Å²) in [7, 11) is 3.70. The summed E-state index contributed by atoms with van der Waals surface area (Å²) < 4.78 is 17.4. The second-order valence-electron chi connectivity index (χ2n) is 7.35. The highest BCUT2D eigenvalue weighted by Crippen LogP contribution is 2.35. The first kappa shape index (κ1) is 20.7. The van der Waals surface area contributed by atoms with E-state index < -0.39 is 0 Å². The molecule has 2 heterocycles. The van der Waals surface area contributed by atoms with Crippen molar-refractivity contribution in [2.45, 2.75) is 13.0 Å². The summed E-state index contributed by atoms with van der Waals surface area (Å²) in [6, 6.07) is 9.49. The molecule has 1 aliphatic rings. The van der Waals surface area contributed by atoms with Gasteiger partial charge in [-0.15, -0.1) is 0 Å². The Morgan fingerprint density at radius 3 is 2.93 bits per heavy atom. The van der Waals surface area contributed by atoms with E-state index in [0.29, 0.717) is 35.6 Å². The molecule has 30 heavy (non-hydrogen) atoms. The molecule has 158 valence electrons. The van der Waals surface area contributed by atoms with E-state index in [0.717, 1.165) is 35.2 Å². The number of fused-ring (bicyclic) bond motifs is 1. The minimum atomic E-state index is 0.0255. The van der Waals surface area contributed by atoms with E-state index >= 15 is 0 Å².